The highest BCUT2D eigenvalue weighted by atomic mass is 16.5. The number of carboxylic acids is 1. The average Bonchev–Trinajstić information content (AvgIpc) is 3.22. The maximum atomic E-state index is 12.1. The Morgan fingerprint density at radius 3 is 2.50 bits per heavy atom. The average molecular weight is 279 g/mol. The van der Waals surface area contributed by atoms with Gasteiger partial charge in [0.15, 0.2) is 11.5 Å². The number of ether oxygens (including phenoxy) is 1. The molecule has 0 saturated heterocycles. The first-order valence-electron chi connectivity index (χ1n) is 6.31. The second-order valence-electron chi connectivity index (χ2n) is 5.12. The number of benzene rings is 1. The van der Waals surface area contributed by atoms with Crippen LogP contribution in [0.15, 0.2) is 18.2 Å². The highest BCUT2D eigenvalue weighted by molar-refractivity contribution is 5.98. The minimum Gasteiger partial charge on any atom is -0.504 e. The predicted octanol–water partition coefficient (Wildman–Crippen LogP) is 1.38. The van der Waals surface area contributed by atoms with Gasteiger partial charge in [0.05, 0.1) is 7.11 Å². The zero-order chi connectivity index (χ0) is 14.9. The fourth-order valence-corrected chi connectivity index (χ4v) is 2.13. The standard InChI is InChI=1S/C14H17NO5/c1-14(13(18)19,9-4-5-9)15-12(17)8-3-6-11(20-2)10(16)7-8/h3,6-7,9,16H,4-5H2,1-2H3,(H,15,17)(H,18,19). The van der Waals surface area contributed by atoms with Crippen LogP contribution in [0.1, 0.15) is 30.1 Å². The summed E-state index contributed by atoms with van der Waals surface area (Å²) in [5.74, 6) is -1.53. The molecular weight excluding hydrogens is 262 g/mol. The number of aromatic hydroxyl groups is 1. The third-order valence-corrected chi connectivity index (χ3v) is 3.65. The molecule has 1 aliphatic rings. The van der Waals surface area contributed by atoms with Gasteiger partial charge in [-0.1, -0.05) is 0 Å². The first kappa shape index (κ1) is 14.2. The van der Waals surface area contributed by atoms with Gasteiger partial charge < -0.3 is 20.3 Å². The van der Waals surface area contributed by atoms with E-state index in [1.165, 1.54) is 32.2 Å². The first-order chi connectivity index (χ1) is 9.38. The highest BCUT2D eigenvalue weighted by Gasteiger charge is 2.48. The maximum absolute atomic E-state index is 12.1. The molecule has 0 spiro atoms. The molecule has 1 fully saturated rings. The van der Waals surface area contributed by atoms with Crippen LogP contribution >= 0.6 is 0 Å². The van der Waals surface area contributed by atoms with Gasteiger partial charge in [-0.15, -0.1) is 0 Å². The van der Waals surface area contributed by atoms with Gasteiger partial charge in [-0.05, 0) is 43.9 Å². The molecule has 1 unspecified atom stereocenters. The van der Waals surface area contributed by atoms with Crippen LogP contribution in [0, 0.1) is 5.92 Å². The van der Waals surface area contributed by atoms with E-state index in [0.29, 0.717) is 0 Å². The van der Waals surface area contributed by atoms with Gasteiger partial charge in [0.1, 0.15) is 5.54 Å². The lowest BCUT2D eigenvalue weighted by atomic mass is 9.95. The molecule has 6 nitrogen and oxygen atoms in total. The summed E-state index contributed by atoms with van der Waals surface area (Å²) in [6.45, 7) is 1.51. The zero-order valence-electron chi connectivity index (χ0n) is 11.3. The summed E-state index contributed by atoms with van der Waals surface area (Å²) in [6, 6.07) is 4.19. The van der Waals surface area contributed by atoms with E-state index in [4.69, 9.17) is 4.74 Å². The molecule has 3 N–H and O–H groups in total. The Hall–Kier alpha value is -2.24. The molecule has 108 valence electrons. The largest absolute Gasteiger partial charge is 0.504 e. The third kappa shape index (κ3) is 2.54. The monoisotopic (exact) mass is 279 g/mol. The Labute approximate surface area is 116 Å². The lowest BCUT2D eigenvalue weighted by Gasteiger charge is -2.26. The van der Waals surface area contributed by atoms with Crippen molar-refractivity contribution in [2.45, 2.75) is 25.3 Å². The molecule has 1 amide bonds. The summed E-state index contributed by atoms with van der Waals surface area (Å²) < 4.78 is 4.89. The van der Waals surface area contributed by atoms with Gasteiger partial charge in [-0.2, -0.15) is 0 Å². The highest BCUT2D eigenvalue weighted by Crippen LogP contribution is 2.40. The minimum absolute atomic E-state index is 0.0456. The van der Waals surface area contributed by atoms with Crippen molar-refractivity contribution in [2.24, 2.45) is 5.92 Å². The lowest BCUT2D eigenvalue weighted by Crippen LogP contribution is -2.54. The first-order valence-corrected chi connectivity index (χ1v) is 6.31. The van der Waals surface area contributed by atoms with Gasteiger partial charge >= 0.3 is 5.97 Å². The predicted molar refractivity (Wildman–Crippen MR) is 70.9 cm³/mol. The van der Waals surface area contributed by atoms with Crippen molar-refractivity contribution in [3.05, 3.63) is 23.8 Å². The van der Waals surface area contributed by atoms with Crippen molar-refractivity contribution in [3.8, 4) is 11.5 Å². The summed E-state index contributed by atoms with van der Waals surface area (Å²) in [7, 11) is 1.41. The number of nitrogens with one attached hydrogen (secondary N) is 1. The maximum Gasteiger partial charge on any atom is 0.329 e. The van der Waals surface area contributed by atoms with Crippen LogP contribution in [-0.4, -0.2) is 34.7 Å². The Balaban J connectivity index is 2.19. The van der Waals surface area contributed by atoms with E-state index in [1.807, 2.05) is 0 Å². The summed E-state index contributed by atoms with van der Waals surface area (Å²) in [6.07, 6.45) is 1.58. The van der Waals surface area contributed by atoms with Crippen LogP contribution in [-0.2, 0) is 4.79 Å². The second kappa shape index (κ2) is 5.03. The number of carbonyl (C=O) groups excluding carboxylic acids is 1. The van der Waals surface area contributed by atoms with Gasteiger partial charge in [0.25, 0.3) is 5.91 Å². The van der Waals surface area contributed by atoms with Crippen LogP contribution < -0.4 is 10.1 Å². The SMILES string of the molecule is COc1ccc(C(=O)NC(C)(C(=O)O)C2CC2)cc1O. The number of phenolic OH excluding ortho intramolecular Hbond substituents is 1. The number of methoxy groups -OCH3 is 1. The van der Waals surface area contributed by atoms with Gasteiger partial charge in [-0.3, -0.25) is 4.79 Å². The Kier molecular flexibility index (Phi) is 3.57. The number of amides is 1. The number of phenols is 1. The molecule has 0 aliphatic heterocycles. The molecule has 1 aliphatic carbocycles. The third-order valence-electron chi connectivity index (χ3n) is 3.65. The quantitative estimate of drug-likeness (QED) is 0.756. The summed E-state index contributed by atoms with van der Waals surface area (Å²) in [5.41, 5.74) is -1.08. The molecule has 6 heteroatoms. The molecule has 0 heterocycles. The molecule has 2 rings (SSSR count). The molecule has 0 bridgehead atoms. The van der Waals surface area contributed by atoms with Crippen LogP contribution in [0.2, 0.25) is 0 Å². The van der Waals surface area contributed by atoms with Gasteiger partial charge in [0.2, 0.25) is 0 Å². The van der Waals surface area contributed by atoms with E-state index in [-0.39, 0.29) is 23.0 Å². The van der Waals surface area contributed by atoms with E-state index >= 15 is 0 Å². The number of carboxylic acid groups (broad SMARTS) is 1. The number of hydrogen-bond acceptors (Lipinski definition) is 4. The van der Waals surface area contributed by atoms with Gasteiger partial charge in [0, 0.05) is 5.56 Å². The second-order valence-corrected chi connectivity index (χ2v) is 5.12. The van der Waals surface area contributed by atoms with E-state index in [1.54, 1.807) is 0 Å². The fraction of sp³-hybridized carbons (Fsp3) is 0.429. The zero-order valence-corrected chi connectivity index (χ0v) is 11.3. The van der Waals surface area contributed by atoms with Gasteiger partial charge in [-0.25, -0.2) is 4.79 Å². The van der Waals surface area contributed by atoms with Crippen molar-refractivity contribution in [2.75, 3.05) is 7.11 Å². The fourth-order valence-electron chi connectivity index (χ4n) is 2.13. The van der Waals surface area contributed by atoms with Crippen LogP contribution in [0.3, 0.4) is 0 Å². The molecule has 1 aromatic carbocycles. The number of rotatable bonds is 5. The number of hydrogen-bond donors (Lipinski definition) is 3. The Morgan fingerprint density at radius 1 is 1.40 bits per heavy atom. The van der Waals surface area contributed by atoms with Crippen LogP contribution in [0.4, 0.5) is 0 Å². The van der Waals surface area contributed by atoms with E-state index < -0.39 is 17.4 Å². The summed E-state index contributed by atoms with van der Waals surface area (Å²) >= 11 is 0. The molecule has 1 aromatic rings. The number of carbonyl (C=O) groups is 2. The number of aliphatic carboxylic acids is 1. The van der Waals surface area contributed by atoms with Crippen molar-refractivity contribution in [3.63, 3.8) is 0 Å². The van der Waals surface area contributed by atoms with E-state index in [2.05, 4.69) is 5.32 Å². The molecular formula is C14H17NO5. The van der Waals surface area contributed by atoms with Crippen molar-refractivity contribution < 1.29 is 24.5 Å². The van der Waals surface area contributed by atoms with Crippen LogP contribution in [0.25, 0.3) is 0 Å². The molecule has 1 atom stereocenters. The molecule has 0 radical (unpaired) electrons. The van der Waals surface area contributed by atoms with Crippen molar-refractivity contribution >= 4 is 11.9 Å². The Bertz CT molecular complexity index is 552. The van der Waals surface area contributed by atoms with Crippen molar-refractivity contribution in [1.29, 1.82) is 0 Å². The van der Waals surface area contributed by atoms with Crippen LogP contribution in [0.5, 0.6) is 11.5 Å². The molecule has 0 aromatic heterocycles. The van der Waals surface area contributed by atoms with E-state index in [0.717, 1.165) is 12.8 Å². The Morgan fingerprint density at radius 2 is 2.05 bits per heavy atom. The van der Waals surface area contributed by atoms with Crippen molar-refractivity contribution in [1.82, 2.24) is 5.32 Å². The summed E-state index contributed by atoms with van der Waals surface area (Å²) in [5, 5.41) is 21.5. The smallest absolute Gasteiger partial charge is 0.329 e. The topological polar surface area (TPSA) is 95.9 Å². The normalized spacial score (nSPS) is 17.1. The molecule has 20 heavy (non-hydrogen) atoms. The molecule has 1 saturated carbocycles. The van der Waals surface area contributed by atoms with E-state index in [9.17, 15) is 19.8 Å². The minimum atomic E-state index is -1.27. The lowest BCUT2D eigenvalue weighted by molar-refractivity contribution is -0.144. The summed E-state index contributed by atoms with van der Waals surface area (Å²) in [4.78, 5) is 23.5.